The maximum atomic E-state index is 13.1. The topological polar surface area (TPSA) is 69.7 Å². The van der Waals surface area contributed by atoms with Gasteiger partial charge in [-0.15, -0.1) is 0 Å². The molecule has 0 aliphatic heterocycles. The number of nitrogens with one attached hydrogen (secondary N) is 1. The smallest absolute Gasteiger partial charge is 0.251 e. The molecule has 0 spiro atoms. The van der Waals surface area contributed by atoms with E-state index in [0.717, 1.165) is 24.9 Å². The van der Waals surface area contributed by atoms with Crippen LogP contribution in [0, 0.1) is 11.6 Å². The molecule has 1 rings (SSSR count). The molecule has 1 aromatic rings. The van der Waals surface area contributed by atoms with Gasteiger partial charge in [0.2, 0.25) is 10.0 Å². The summed E-state index contributed by atoms with van der Waals surface area (Å²) in [7, 11) is 0.407. The largest absolute Gasteiger partial charge is 0.351 e. The fraction of sp³-hybridized carbons (Fsp3) is 0.533. The SMILES string of the molecule is CN(C)CCCN(CCNC(=O)c1ccc(F)c(F)c1)S(C)(=O)=O. The number of carbonyl (C=O) groups is 1. The average Bonchev–Trinajstić information content (AvgIpc) is 2.46. The van der Waals surface area contributed by atoms with Gasteiger partial charge in [0.05, 0.1) is 6.26 Å². The lowest BCUT2D eigenvalue weighted by molar-refractivity contribution is 0.0951. The Labute approximate surface area is 141 Å². The van der Waals surface area contributed by atoms with Crippen molar-refractivity contribution in [2.75, 3.05) is 46.5 Å². The maximum Gasteiger partial charge on any atom is 0.251 e. The van der Waals surface area contributed by atoms with Crippen molar-refractivity contribution in [3.05, 3.63) is 35.4 Å². The van der Waals surface area contributed by atoms with E-state index >= 15 is 0 Å². The van der Waals surface area contributed by atoms with Gasteiger partial charge in [0.15, 0.2) is 11.6 Å². The molecule has 0 heterocycles. The van der Waals surface area contributed by atoms with Crippen molar-refractivity contribution < 1.29 is 22.0 Å². The van der Waals surface area contributed by atoms with Crippen LogP contribution < -0.4 is 5.32 Å². The zero-order chi connectivity index (χ0) is 18.3. The number of hydrogen-bond donors (Lipinski definition) is 1. The zero-order valence-electron chi connectivity index (χ0n) is 14.1. The molecule has 0 saturated heterocycles. The summed E-state index contributed by atoms with van der Waals surface area (Å²) in [6.07, 6.45) is 1.77. The molecule has 0 unspecified atom stereocenters. The first-order valence-electron chi connectivity index (χ1n) is 7.44. The molecule has 0 aromatic heterocycles. The first kappa shape index (κ1) is 20.5. The van der Waals surface area contributed by atoms with Gasteiger partial charge in [-0.1, -0.05) is 0 Å². The molecule has 9 heteroatoms. The summed E-state index contributed by atoms with van der Waals surface area (Å²) < 4.78 is 50.7. The van der Waals surface area contributed by atoms with Crippen LogP contribution in [0.15, 0.2) is 18.2 Å². The van der Waals surface area contributed by atoms with E-state index in [1.54, 1.807) is 0 Å². The predicted octanol–water partition coefficient (Wildman–Crippen LogP) is 0.908. The van der Waals surface area contributed by atoms with E-state index in [2.05, 4.69) is 5.32 Å². The van der Waals surface area contributed by atoms with Gasteiger partial charge in [0.25, 0.3) is 5.91 Å². The number of rotatable bonds is 9. The number of halogens is 2. The first-order valence-corrected chi connectivity index (χ1v) is 9.29. The van der Waals surface area contributed by atoms with Crippen molar-refractivity contribution in [2.45, 2.75) is 6.42 Å². The Kier molecular flexibility index (Phi) is 7.71. The van der Waals surface area contributed by atoms with Crippen molar-refractivity contribution in [3.63, 3.8) is 0 Å². The molecular formula is C15H23F2N3O3S. The summed E-state index contributed by atoms with van der Waals surface area (Å²) in [5.74, 6) is -2.73. The minimum atomic E-state index is -3.38. The van der Waals surface area contributed by atoms with Crippen LogP contribution in [-0.4, -0.2) is 70.1 Å². The van der Waals surface area contributed by atoms with Crippen molar-refractivity contribution >= 4 is 15.9 Å². The Morgan fingerprint density at radius 2 is 1.79 bits per heavy atom. The molecule has 0 saturated carbocycles. The molecule has 136 valence electrons. The van der Waals surface area contributed by atoms with E-state index in [9.17, 15) is 22.0 Å². The third-order valence-electron chi connectivity index (χ3n) is 3.31. The second-order valence-electron chi connectivity index (χ2n) is 5.70. The Bertz CT molecular complexity index is 666. The third-order valence-corrected chi connectivity index (χ3v) is 4.61. The quantitative estimate of drug-likeness (QED) is 0.708. The summed E-state index contributed by atoms with van der Waals surface area (Å²) in [5.41, 5.74) is -0.0209. The van der Waals surface area contributed by atoms with Gasteiger partial charge in [-0.3, -0.25) is 4.79 Å². The molecule has 0 atom stereocenters. The second kappa shape index (κ2) is 9.05. The maximum absolute atomic E-state index is 13.1. The van der Waals surface area contributed by atoms with E-state index in [1.807, 2.05) is 19.0 Å². The zero-order valence-corrected chi connectivity index (χ0v) is 14.9. The van der Waals surface area contributed by atoms with Gasteiger partial charge in [-0.2, -0.15) is 0 Å². The van der Waals surface area contributed by atoms with Crippen LogP contribution >= 0.6 is 0 Å². The standard InChI is InChI=1S/C15H23F2N3O3S/c1-19(2)8-4-9-20(24(3,22)23)10-7-18-15(21)12-5-6-13(16)14(17)11-12/h5-6,11H,4,7-10H2,1-3H3,(H,18,21). The Morgan fingerprint density at radius 1 is 1.12 bits per heavy atom. The van der Waals surface area contributed by atoms with Crippen LogP contribution in [0.25, 0.3) is 0 Å². The first-order chi connectivity index (χ1) is 11.1. The number of nitrogens with zero attached hydrogens (tertiary/aromatic N) is 2. The van der Waals surface area contributed by atoms with Crippen molar-refractivity contribution in [3.8, 4) is 0 Å². The van der Waals surface area contributed by atoms with E-state index in [0.29, 0.717) is 13.0 Å². The van der Waals surface area contributed by atoms with Crippen molar-refractivity contribution in [1.29, 1.82) is 0 Å². The highest BCUT2D eigenvalue weighted by Gasteiger charge is 2.16. The summed E-state index contributed by atoms with van der Waals surface area (Å²) in [6.45, 7) is 1.28. The van der Waals surface area contributed by atoms with E-state index in [1.165, 1.54) is 10.4 Å². The molecule has 1 N–H and O–H groups in total. The van der Waals surface area contributed by atoms with Gasteiger partial charge in [0, 0.05) is 25.2 Å². The van der Waals surface area contributed by atoms with Gasteiger partial charge >= 0.3 is 0 Å². The van der Waals surface area contributed by atoms with Gasteiger partial charge in [-0.05, 0) is 45.3 Å². The normalized spacial score (nSPS) is 12.0. The number of hydrogen-bond acceptors (Lipinski definition) is 4. The van der Waals surface area contributed by atoms with E-state index in [4.69, 9.17) is 0 Å². The van der Waals surface area contributed by atoms with E-state index < -0.39 is 27.6 Å². The number of carbonyl (C=O) groups excluding carboxylic acids is 1. The molecular weight excluding hydrogens is 340 g/mol. The Morgan fingerprint density at radius 3 is 2.33 bits per heavy atom. The Hall–Kier alpha value is -1.58. The molecule has 0 aliphatic carbocycles. The van der Waals surface area contributed by atoms with E-state index in [-0.39, 0.29) is 18.7 Å². The predicted molar refractivity (Wildman–Crippen MR) is 88.3 cm³/mol. The molecule has 24 heavy (non-hydrogen) atoms. The molecule has 1 amide bonds. The summed E-state index contributed by atoms with van der Waals surface area (Å²) in [4.78, 5) is 13.8. The molecule has 0 bridgehead atoms. The summed E-state index contributed by atoms with van der Waals surface area (Å²) >= 11 is 0. The van der Waals surface area contributed by atoms with Crippen LogP contribution in [-0.2, 0) is 10.0 Å². The highest BCUT2D eigenvalue weighted by atomic mass is 32.2. The van der Waals surface area contributed by atoms with Crippen LogP contribution in [0.2, 0.25) is 0 Å². The summed E-state index contributed by atoms with van der Waals surface area (Å²) in [6, 6.07) is 2.84. The minimum Gasteiger partial charge on any atom is -0.351 e. The van der Waals surface area contributed by atoms with Gasteiger partial charge in [0.1, 0.15) is 0 Å². The van der Waals surface area contributed by atoms with Gasteiger partial charge < -0.3 is 10.2 Å². The second-order valence-corrected chi connectivity index (χ2v) is 7.69. The van der Waals surface area contributed by atoms with Crippen LogP contribution in [0.3, 0.4) is 0 Å². The third kappa shape index (κ3) is 6.90. The van der Waals surface area contributed by atoms with Crippen LogP contribution in [0.4, 0.5) is 8.78 Å². The molecule has 6 nitrogen and oxygen atoms in total. The van der Waals surface area contributed by atoms with Crippen LogP contribution in [0.5, 0.6) is 0 Å². The monoisotopic (exact) mass is 363 g/mol. The van der Waals surface area contributed by atoms with Crippen molar-refractivity contribution in [2.24, 2.45) is 0 Å². The average molecular weight is 363 g/mol. The number of amides is 1. The minimum absolute atomic E-state index is 0.0209. The lowest BCUT2D eigenvalue weighted by atomic mass is 10.2. The van der Waals surface area contributed by atoms with Gasteiger partial charge in [-0.25, -0.2) is 21.5 Å². The molecule has 1 aromatic carbocycles. The molecule has 0 fully saturated rings. The highest BCUT2D eigenvalue weighted by Crippen LogP contribution is 2.08. The number of sulfonamides is 1. The summed E-state index contributed by atoms with van der Waals surface area (Å²) in [5, 5.41) is 2.50. The fourth-order valence-corrected chi connectivity index (χ4v) is 2.92. The van der Waals surface area contributed by atoms with Crippen LogP contribution in [0.1, 0.15) is 16.8 Å². The molecule has 0 aliphatic rings. The lowest BCUT2D eigenvalue weighted by Crippen LogP contribution is -2.39. The molecule has 0 radical (unpaired) electrons. The highest BCUT2D eigenvalue weighted by molar-refractivity contribution is 7.88. The lowest BCUT2D eigenvalue weighted by Gasteiger charge is -2.21. The number of benzene rings is 1. The Balaban J connectivity index is 2.54. The fourth-order valence-electron chi connectivity index (χ4n) is 2.04. The van der Waals surface area contributed by atoms with Crippen molar-refractivity contribution in [1.82, 2.24) is 14.5 Å².